The highest BCUT2D eigenvalue weighted by atomic mass is 35.5. The van der Waals surface area contributed by atoms with Gasteiger partial charge < -0.3 is 10.2 Å². The Morgan fingerprint density at radius 2 is 1.96 bits per heavy atom. The molecule has 1 aliphatic rings. The molecule has 1 amide bonds. The number of carbonyl (C=O) groups is 1. The normalized spacial score (nSPS) is 14.6. The molecule has 1 heterocycles. The van der Waals surface area contributed by atoms with Gasteiger partial charge in [-0.1, -0.05) is 23.7 Å². The lowest BCUT2D eigenvalue weighted by atomic mass is 10.2. The first-order chi connectivity index (χ1) is 11.8. The highest BCUT2D eigenvalue weighted by Crippen LogP contribution is 2.27. The number of fused-ring (bicyclic) bond motifs is 1. The number of rotatable bonds is 3. The van der Waals surface area contributed by atoms with Crippen LogP contribution in [0, 0.1) is 6.92 Å². The standard InChI is InChI=1S/C17H16ClN3O3S/c1-11-9-12(18)7-8-14(11)19-16(22)10-21(2)17-13-5-3-4-6-15(13)25(23,24)20-17/h3-9H,10H2,1-2H3,(H,19,22). The first kappa shape index (κ1) is 17.4. The Labute approximate surface area is 151 Å². The van der Waals surface area contributed by atoms with Crippen LogP contribution in [0.4, 0.5) is 5.69 Å². The van der Waals surface area contributed by atoms with E-state index in [0.29, 0.717) is 16.3 Å². The minimum absolute atomic E-state index is 0.0370. The molecule has 6 nitrogen and oxygen atoms in total. The largest absolute Gasteiger partial charge is 0.349 e. The number of likely N-dealkylation sites (N-methyl/N-ethyl adjacent to an activating group) is 1. The fourth-order valence-electron chi connectivity index (χ4n) is 2.61. The minimum atomic E-state index is -3.71. The van der Waals surface area contributed by atoms with Crippen molar-refractivity contribution in [3.8, 4) is 0 Å². The molecule has 0 fully saturated rings. The van der Waals surface area contributed by atoms with Gasteiger partial charge in [-0.15, -0.1) is 4.40 Å². The van der Waals surface area contributed by atoms with Crippen LogP contribution in [0.1, 0.15) is 11.1 Å². The third kappa shape index (κ3) is 3.52. The molecule has 0 unspecified atom stereocenters. The van der Waals surface area contributed by atoms with E-state index in [4.69, 9.17) is 11.6 Å². The van der Waals surface area contributed by atoms with E-state index >= 15 is 0 Å². The zero-order valence-corrected chi connectivity index (χ0v) is 15.2. The second kappa shape index (κ2) is 6.50. The molecule has 1 aliphatic heterocycles. The molecule has 2 aromatic carbocycles. The van der Waals surface area contributed by atoms with Gasteiger partial charge in [-0.2, -0.15) is 8.42 Å². The Hall–Kier alpha value is -2.38. The lowest BCUT2D eigenvalue weighted by molar-refractivity contribution is -0.116. The summed E-state index contributed by atoms with van der Waals surface area (Å²) in [7, 11) is -2.08. The molecule has 0 spiro atoms. The van der Waals surface area contributed by atoms with E-state index in [1.807, 2.05) is 6.92 Å². The van der Waals surface area contributed by atoms with Crippen molar-refractivity contribution in [3.05, 3.63) is 58.6 Å². The van der Waals surface area contributed by atoms with Gasteiger partial charge in [0.2, 0.25) is 5.91 Å². The first-order valence-electron chi connectivity index (χ1n) is 7.49. The summed E-state index contributed by atoms with van der Waals surface area (Å²) in [6, 6.07) is 11.7. The van der Waals surface area contributed by atoms with Crippen LogP contribution in [0.2, 0.25) is 5.02 Å². The molecule has 0 aromatic heterocycles. The van der Waals surface area contributed by atoms with Gasteiger partial charge in [0.1, 0.15) is 4.90 Å². The van der Waals surface area contributed by atoms with Crippen LogP contribution in [0.5, 0.6) is 0 Å². The van der Waals surface area contributed by atoms with Gasteiger partial charge in [0.05, 0.1) is 6.54 Å². The first-order valence-corrected chi connectivity index (χ1v) is 9.31. The summed E-state index contributed by atoms with van der Waals surface area (Å²) in [6.45, 7) is 1.81. The number of amidine groups is 1. The molecule has 130 valence electrons. The second-order valence-corrected chi connectivity index (χ2v) is 7.76. The number of amides is 1. The molecule has 0 atom stereocenters. The summed E-state index contributed by atoms with van der Waals surface area (Å²) in [5.74, 6) is -0.0176. The number of nitrogens with zero attached hydrogens (tertiary/aromatic N) is 2. The number of hydrogen-bond acceptors (Lipinski definition) is 4. The molecule has 25 heavy (non-hydrogen) atoms. The van der Waals surface area contributed by atoms with E-state index in [1.165, 1.54) is 11.0 Å². The van der Waals surface area contributed by atoms with Crippen LogP contribution in [-0.2, 0) is 14.8 Å². The molecule has 0 aliphatic carbocycles. The van der Waals surface area contributed by atoms with Gasteiger partial charge in [0.15, 0.2) is 5.84 Å². The van der Waals surface area contributed by atoms with E-state index in [-0.39, 0.29) is 23.2 Å². The predicted molar refractivity (Wildman–Crippen MR) is 97.6 cm³/mol. The average molecular weight is 378 g/mol. The predicted octanol–water partition coefficient (Wildman–Crippen LogP) is 2.67. The fraction of sp³-hybridized carbons (Fsp3) is 0.176. The third-order valence-corrected chi connectivity index (χ3v) is 5.38. The maximum atomic E-state index is 12.3. The summed E-state index contributed by atoms with van der Waals surface area (Å²) in [5.41, 5.74) is 2.00. The molecule has 8 heteroatoms. The topological polar surface area (TPSA) is 78.8 Å². The summed E-state index contributed by atoms with van der Waals surface area (Å²) in [4.78, 5) is 14.0. The van der Waals surface area contributed by atoms with Gasteiger partial charge in [0, 0.05) is 23.3 Å². The van der Waals surface area contributed by atoms with Crippen molar-refractivity contribution in [1.82, 2.24) is 4.90 Å². The third-order valence-electron chi connectivity index (χ3n) is 3.82. The van der Waals surface area contributed by atoms with Gasteiger partial charge >= 0.3 is 0 Å². The number of benzene rings is 2. The van der Waals surface area contributed by atoms with E-state index in [1.54, 1.807) is 43.4 Å². The Morgan fingerprint density at radius 1 is 1.24 bits per heavy atom. The van der Waals surface area contributed by atoms with Crippen LogP contribution in [-0.4, -0.2) is 38.7 Å². The zero-order chi connectivity index (χ0) is 18.2. The molecule has 0 saturated carbocycles. The van der Waals surface area contributed by atoms with Gasteiger partial charge in [-0.3, -0.25) is 4.79 Å². The summed E-state index contributed by atoms with van der Waals surface area (Å²) in [6.07, 6.45) is 0. The van der Waals surface area contributed by atoms with Crippen molar-refractivity contribution >= 4 is 39.1 Å². The number of halogens is 1. The minimum Gasteiger partial charge on any atom is -0.349 e. The molecule has 0 bridgehead atoms. The summed E-state index contributed by atoms with van der Waals surface area (Å²) >= 11 is 5.90. The number of nitrogens with one attached hydrogen (secondary N) is 1. The van der Waals surface area contributed by atoms with E-state index in [9.17, 15) is 13.2 Å². The van der Waals surface area contributed by atoms with Gasteiger partial charge in [0.25, 0.3) is 10.0 Å². The smallest absolute Gasteiger partial charge is 0.285 e. The lowest BCUT2D eigenvalue weighted by Gasteiger charge is -2.19. The quantitative estimate of drug-likeness (QED) is 0.891. The molecule has 1 N–H and O–H groups in total. The van der Waals surface area contributed by atoms with Crippen LogP contribution < -0.4 is 5.32 Å². The zero-order valence-electron chi connectivity index (χ0n) is 13.7. The molecule has 3 rings (SSSR count). The lowest BCUT2D eigenvalue weighted by Crippen LogP contribution is -2.35. The number of carbonyl (C=O) groups excluding carboxylic acids is 1. The van der Waals surface area contributed by atoms with Crippen molar-refractivity contribution in [2.24, 2.45) is 4.40 Å². The average Bonchev–Trinajstić information content (AvgIpc) is 2.82. The van der Waals surface area contributed by atoms with Crippen molar-refractivity contribution in [1.29, 1.82) is 0 Å². The maximum Gasteiger partial charge on any atom is 0.285 e. The fourth-order valence-corrected chi connectivity index (χ4v) is 4.09. The van der Waals surface area contributed by atoms with Crippen LogP contribution in [0.15, 0.2) is 51.8 Å². The monoisotopic (exact) mass is 377 g/mol. The van der Waals surface area contributed by atoms with E-state index in [0.717, 1.165) is 5.56 Å². The van der Waals surface area contributed by atoms with Gasteiger partial charge in [-0.25, -0.2) is 0 Å². The molecular formula is C17H16ClN3O3S. The Morgan fingerprint density at radius 3 is 2.68 bits per heavy atom. The number of anilines is 1. The van der Waals surface area contributed by atoms with Gasteiger partial charge in [-0.05, 0) is 42.8 Å². The van der Waals surface area contributed by atoms with Crippen LogP contribution in [0.3, 0.4) is 0 Å². The van der Waals surface area contributed by atoms with Crippen LogP contribution in [0.25, 0.3) is 0 Å². The highest BCUT2D eigenvalue weighted by Gasteiger charge is 2.30. The van der Waals surface area contributed by atoms with Crippen molar-refractivity contribution in [2.75, 3.05) is 18.9 Å². The molecule has 2 aromatic rings. The summed E-state index contributed by atoms with van der Waals surface area (Å²) in [5, 5.41) is 3.39. The van der Waals surface area contributed by atoms with Crippen molar-refractivity contribution in [3.63, 3.8) is 0 Å². The maximum absolute atomic E-state index is 12.3. The second-order valence-electron chi connectivity index (χ2n) is 5.75. The van der Waals surface area contributed by atoms with E-state index in [2.05, 4.69) is 9.71 Å². The van der Waals surface area contributed by atoms with Crippen molar-refractivity contribution in [2.45, 2.75) is 11.8 Å². The van der Waals surface area contributed by atoms with Crippen LogP contribution >= 0.6 is 11.6 Å². The number of sulfonamides is 1. The van der Waals surface area contributed by atoms with Crippen molar-refractivity contribution < 1.29 is 13.2 Å². The molecule has 0 radical (unpaired) electrons. The highest BCUT2D eigenvalue weighted by molar-refractivity contribution is 7.90. The van der Waals surface area contributed by atoms with E-state index < -0.39 is 10.0 Å². The Balaban J connectivity index is 1.77. The Kier molecular flexibility index (Phi) is 4.53. The Bertz CT molecular complexity index is 986. The molecule has 0 saturated heterocycles. The molecular weight excluding hydrogens is 362 g/mol. The number of hydrogen-bond donors (Lipinski definition) is 1. The SMILES string of the molecule is Cc1cc(Cl)ccc1NC(=O)CN(C)C1=NS(=O)(=O)c2ccccc21. The summed E-state index contributed by atoms with van der Waals surface area (Å²) < 4.78 is 28.0. The number of aryl methyl sites for hydroxylation is 1.